The summed E-state index contributed by atoms with van der Waals surface area (Å²) in [7, 11) is -3.43. The third-order valence-corrected chi connectivity index (χ3v) is 6.07. The van der Waals surface area contributed by atoms with Crippen molar-refractivity contribution in [1.82, 2.24) is 9.55 Å². The van der Waals surface area contributed by atoms with Crippen molar-refractivity contribution in [2.45, 2.75) is 18.4 Å². The number of rotatable bonds is 9. The molecule has 0 saturated heterocycles. The van der Waals surface area contributed by atoms with E-state index in [2.05, 4.69) is 82.3 Å². The van der Waals surface area contributed by atoms with E-state index in [1.54, 1.807) is 0 Å². The number of imidazole rings is 1. The van der Waals surface area contributed by atoms with Crippen LogP contribution in [0.3, 0.4) is 0 Å². The van der Waals surface area contributed by atoms with Crippen molar-refractivity contribution in [2.24, 2.45) is 0 Å². The Hall–Kier alpha value is -3.22. The van der Waals surface area contributed by atoms with Crippen LogP contribution in [0.5, 0.6) is 0 Å². The van der Waals surface area contributed by atoms with Crippen LogP contribution in [0.4, 0.5) is 0 Å². The first kappa shape index (κ1) is 22.0. The predicted octanol–water partition coefficient (Wildman–Crippen LogP) is 4.63. The molecule has 5 nitrogen and oxygen atoms in total. The lowest BCUT2D eigenvalue weighted by molar-refractivity contribution is 0.315. The van der Waals surface area contributed by atoms with Crippen LogP contribution in [0.2, 0.25) is 0 Å². The second kappa shape index (κ2) is 9.51. The molecule has 0 spiro atoms. The summed E-state index contributed by atoms with van der Waals surface area (Å²) in [6.07, 6.45) is 6.17. The molecule has 3 aromatic carbocycles. The van der Waals surface area contributed by atoms with Crippen LogP contribution in [0, 0.1) is 0 Å². The second-order valence-electron chi connectivity index (χ2n) is 7.71. The Morgan fingerprint density at radius 1 is 0.812 bits per heavy atom. The van der Waals surface area contributed by atoms with Gasteiger partial charge in [-0.1, -0.05) is 91.0 Å². The van der Waals surface area contributed by atoms with Crippen LogP contribution in [-0.4, -0.2) is 30.8 Å². The summed E-state index contributed by atoms with van der Waals surface area (Å²) < 4.78 is 29.4. The lowest BCUT2D eigenvalue weighted by Crippen LogP contribution is -2.36. The maximum atomic E-state index is 11.2. The molecule has 0 aliphatic heterocycles. The Morgan fingerprint density at radius 3 is 1.72 bits per heavy atom. The lowest BCUT2D eigenvalue weighted by Gasteiger charge is -2.37. The summed E-state index contributed by atoms with van der Waals surface area (Å²) in [5.41, 5.74) is 3.66. The van der Waals surface area contributed by atoms with Crippen LogP contribution < -0.4 is 0 Å². The molecule has 0 N–H and O–H groups in total. The summed E-state index contributed by atoms with van der Waals surface area (Å²) in [6.45, 7) is 0.146. The SMILES string of the molecule is CS(=O)(=O)OCCCc1cn(C(c2ccccc2)(c2ccccc2)c2ccccc2)cn1. The van der Waals surface area contributed by atoms with E-state index in [1.807, 2.05) is 30.7 Å². The summed E-state index contributed by atoms with van der Waals surface area (Å²) in [4.78, 5) is 4.65. The zero-order valence-corrected chi connectivity index (χ0v) is 18.8. The average molecular weight is 447 g/mol. The first-order chi connectivity index (χ1) is 15.5. The number of aromatic nitrogens is 2. The van der Waals surface area contributed by atoms with Crippen molar-refractivity contribution in [3.8, 4) is 0 Å². The summed E-state index contributed by atoms with van der Waals surface area (Å²) in [5, 5.41) is 0. The fraction of sp³-hybridized carbons (Fsp3) is 0.192. The Labute approximate surface area is 189 Å². The molecule has 4 aromatic rings. The number of hydrogen-bond donors (Lipinski definition) is 0. The van der Waals surface area contributed by atoms with Crippen LogP contribution >= 0.6 is 0 Å². The lowest BCUT2D eigenvalue weighted by atomic mass is 9.77. The van der Waals surface area contributed by atoms with Crippen LogP contribution in [0.1, 0.15) is 28.8 Å². The standard InChI is InChI=1S/C26H26N2O3S/c1-32(29,30)31-19-11-18-25-20-28(21-27-25)26(22-12-5-2-6-13-22,23-14-7-3-8-15-23)24-16-9-4-10-17-24/h2-10,12-17,20-21H,11,18-19H2,1H3. The van der Waals surface area contributed by atoms with Gasteiger partial charge in [-0.15, -0.1) is 0 Å². The smallest absolute Gasteiger partial charge is 0.264 e. The maximum absolute atomic E-state index is 11.2. The summed E-state index contributed by atoms with van der Waals surface area (Å²) in [6, 6.07) is 31.2. The monoisotopic (exact) mass is 446 g/mol. The molecule has 0 aliphatic rings. The number of nitrogens with zero attached hydrogens (tertiary/aromatic N) is 2. The molecule has 6 heteroatoms. The summed E-state index contributed by atoms with van der Waals surface area (Å²) in [5.74, 6) is 0. The molecule has 164 valence electrons. The number of aryl methyl sites for hydroxylation is 1. The van der Waals surface area contributed by atoms with E-state index >= 15 is 0 Å². The Bertz CT molecular complexity index is 1140. The fourth-order valence-electron chi connectivity index (χ4n) is 4.12. The molecule has 0 unspecified atom stereocenters. The van der Waals surface area contributed by atoms with Crippen LogP contribution in [-0.2, 0) is 26.3 Å². The molecule has 1 aromatic heterocycles. The minimum atomic E-state index is -3.43. The van der Waals surface area contributed by atoms with Gasteiger partial charge in [-0.3, -0.25) is 4.18 Å². The van der Waals surface area contributed by atoms with E-state index in [9.17, 15) is 8.42 Å². The molecule has 0 aliphatic carbocycles. The van der Waals surface area contributed by atoms with E-state index in [0.29, 0.717) is 12.8 Å². The van der Waals surface area contributed by atoms with Gasteiger partial charge >= 0.3 is 0 Å². The first-order valence-electron chi connectivity index (χ1n) is 10.5. The van der Waals surface area contributed by atoms with Crippen molar-refractivity contribution in [2.75, 3.05) is 12.9 Å². The van der Waals surface area contributed by atoms with Crippen molar-refractivity contribution in [3.05, 3.63) is 126 Å². The van der Waals surface area contributed by atoms with Gasteiger partial charge in [0.2, 0.25) is 0 Å². The average Bonchev–Trinajstić information content (AvgIpc) is 3.28. The van der Waals surface area contributed by atoms with Gasteiger partial charge in [-0.2, -0.15) is 8.42 Å². The van der Waals surface area contributed by atoms with Gasteiger partial charge in [-0.05, 0) is 29.5 Å². The molecule has 0 radical (unpaired) electrons. The van der Waals surface area contributed by atoms with E-state index in [0.717, 1.165) is 28.6 Å². The van der Waals surface area contributed by atoms with Crippen molar-refractivity contribution in [1.29, 1.82) is 0 Å². The van der Waals surface area contributed by atoms with Gasteiger partial charge in [0.15, 0.2) is 0 Å². The second-order valence-corrected chi connectivity index (χ2v) is 9.35. The molecule has 1 heterocycles. The zero-order chi connectivity index (χ0) is 22.4. The minimum absolute atomic E-state index is 0.146. The van der Waals surface area contributed by atoms with Gasteiger partial charge < -0.3 is 4.57 Å². The highest BCUT2D eigenvalue weighted by molar-refractivity contribution is 7.85. The van der Waals surface area contributed by atoms with Crippen molar-refractivity contribution < 1.29 is 12.6 Å². The molecule has 0 fully saturated rings. The quantitative estimate of drug-likeness (QED) is 0.214. The molecule has 4 rings (SSSR count). The Balaban J connectivity index is 1.80. The maximum Gasteiger partial charge on any atom is 0.264 e. The van der Waals surface area contributed by atoms with E-state index < -0.39 is 15.7 Å². The topological polar surface area (TPSA) is 61.2 Å². The number of benzene rings is 3. The predicted molar refractivity (Wildman–Crippen MR) is 126 cm³/mol. The van der Waals surface area contributed by atoms with Crippen LogP contribution in [0.25, 0.3) is 0 Å². The minimum Gasteiger partial charge on any atom is -0.319 e. The van der Waals surface area contributed by atoms with E-state index in [-0.39, 0.29) is 6.61 Å². The van der Waals surface area contributed by atoms with Crippen molar-refractivity contribution in [3.63, 3.8) is 0 Å². The fourth-order valence-corrected chi connectivity index (χ4v) is 4.55. The van der Waals surface area contributed by atoms with Gasteiger partial charge in [0.05, 0.1) is 24.9 Å². The van der Waals surface area contributed by atoms with E-state index in [4.69, 9.17) is 4.18 Å². The van der Waals surface area contributed by atoms with Gasteiger partial charge in [0.1, 0.15) is 5.54 Å². The highest BCUT2D eigenvalue weighted by Crippen LogP contribution is 2.40. The third-order valence-electron chi connectivity index (χ3n) is 5.47. The third kappa shape index (κ3) is 4.66. The molecule has 0 amide bonds. The van der Waals surface area contributed by atoms with Gasteiger partial charge in [0, 0.05) is 6.20 Å². The Kier molecular flexibility index (Phi) is 6.53. The summed E-state index contributed by atoms with van der Waals surface area (Å²) >= 11 is 0. The van der Waals surface area contributed by atoms with Gasteiger partial charge in [0.25, 0.3) is 10.1 Å². The molecular formula is C26H26N2O3S. The van der Waals surface area contributed by atoms with Crippen molar-refractivity contribution >= 4 is 10.1 Å². The molecule has 0 atom stereocenters. The molecule has 0 bridgehead atoms. The normalized spacial score (nSPS) is 12.0. The van der Waals surface area contributed by atoms with E-state index in [1.165, 1.54) is 0 Å². The molecule has 0 saturated carbocycles. The highest BCUT2D eigenvalue weighted by Gasteiger charge is 2.38. The Morgan fingerprint density at radius 2 is 1.28 bits per heavy atom. The highest BCUT2D eigenvalue weighted by atomic mass is 32.2. The first-order valence-corrected chi connectivity index (χ1v) is 12.4. The van der Waals surface area contributed by atoms with Crippen LogP contribution in [0.15, 0.2) is 104 Å². The van der Waals surface area contributed by atoms with Gasteiger partial charge in [-0.25, -0.2) is 4.98 Å². The molecule has 32 heavy (non-hydrogen) atoms. The number of hydrogen-bond acceptors (Lipinski definition) is 4. The zero-order valence-electron chi connectivity index (χ0n) is 18.0. The molecular weight excluding hydrogens is 420 g/mol. The largest absolute Gasteiger partial charge is 0.319 e.